The molecule has 0 unspecified atom stereocenters. The van der Waals surface area contributed by atoms with Crippen LogP contribution in [0.2, 0.25) is 0 Å². The smallest absolute Gasteiger partial charge is 0.0484 e. The first-order valence-corrected chi connectivity index (χ1v) is 2.67. The molecule has 0 spiro atoms. The summed E-state index contributed by atoms with van der Waals surface area (Å²) in [5.41, 5.74) is 0. The first-order chi connectivity index (χ1) is 3.85. The van der Waals surface area contributed by atoms with Gasteiger partial charge in [0.1, 0.15) is 0 Å². The molecule has 0 saturated carbocycles. The van der Waals surface area contributed by atoms with Crippen molar-refractivity contribution in [2.24, 2.45) is 5.92 Å². The fraction of sp³-hybridized carbons (Fsp3) is 0.667. The summed E-state index contributed by atoms with van der Waals surface area (Å²) in [6.45, 7) is 3.56. The largest absolute Gasteiger partial charge is 0.396 e. The Morgan fingerprint density at radius 3 is 2.00 bits per heavy atom. The highest BCUT2D eigenvalue weighted by Gasteiger charge is 2.00. The molecule has 2 heteroatoms. The van der Waals surface area contributed by atoms with Crippen molar-refractivity contribution in [1.82, 2.24) is 0 Å². The van der Waals surface area contributed by atoms with E-state index >= 15 is 0 Å². The molecule has 0 heterocycles. The lowest BCUT2D eigenvalue weighted by Crippen LogP contribution is -2.08. The van der Waals surface area contributed by atoms with Crippen LogP contribution in [0, 0.1) is 5.92 Å². The maximum Gasteiger partial charge on any atom is 0.0484 e. The van der Waals surface area contributed by atoms with E-state index in [1.807, 2.05) is 0 Å². The highest BCUT2D eigenvalue weighted by Crippen LogP contribution is 1.99. The van der Waals surface area contributed by atoms with Crippen molar-refractivity contribution in [2.45, 2.75) is 6.42 Å². The Balaban J connectivity index is 3.20. The average Bonchev–Trinajstić information content (AvgIpc) is 1.83. The molecule has 0 fully saturated rings. The van der Waals surface area contributed by atoms with Crippen LogP contribution in [0.25, 0.3) is 0 Å². The van der Waals surface area contributed by atoms with Crippen LogP contribution in [0.15, 0.2) is 12.7 Å². The van der Waals surface area contributed by atoms with Crippen LogP contribution in [0.4, 0.5) is 0 Å². The van der Waals surface area contributed by atoms with E-state index in [0.29, 0.717) is 6.42 Å². The third-order valence-electron chi connectivity index (χ3n) is 1.02. The van der Waals surface area contributed by atoms with Gasteiger partial charge in [-0.3, -0.25) is 0 Å². The van der Waals surface area contributed by atoms with Crippen molar-refractivity contribution in [3.63, 3.8) is 0 Å². The number of allylic oxidation sites excluding steroid dienone is 1. The summed E-state index contributed by atoms with van der Waals surface area (Å²) in [5, 5.41) is 16.9. The fourth-order valence-electron chi connectivity index (χ4n) is 0.443. The molecule has 0 rings (SSSR count). The van der Waals surface area contributed by atoms with Gasteiger partial charge in [0.2, 0.25) is 0 Å². The molecule has 8 heavy (non-hydrogen) atoms. The summed E-state index contributed by atoms with van der Waals surface area (Å²) in [5.74, 6) is -0.00694. The van der Waals surface area contributed by atoms with Crippen molar-refractivity contribution in [3.05, 3.63) is 12.7 Å². The first kappa shape index (κ1) is 7.66. The summed E-state index contributed by atoms with van der Waals surface area (Å²) in [6, 6.07) is 0. The molecule has 0 aliphatic rings. The van der Waals surface area contributed by atoms with Crippen molar-refractivity contribution in [3.8, 4) is 0 Å². The molecule has 0 aromatic rings. The average molecular weight is 116 g/mol. The maximum atomic E-state index is 8.45. The van der Waals surface area contributed by atoms with E-state index in [1.165, 1.54) is 0 Å². The van der Waals surface area contributed by atoms with Gasteiger partial charge in [0, 0.05) is 19.1 Å². The minimum Gasteiger partial charge on any atom is -0.396 e. The summed E-state index contributed by atoms with van der Waals surface area (Å²) in [4.78, 5) is 0. The molecule has 0 aromatic heterocycles. The Morgan fingerprint density at radius 1 is 1.38 bits per heavy atom. The van der Waals surface area contributed by atoms with Crippen molar-refractivity contribution >= 4 is 0 Å². The topological polar surface area (TPSA) is 40.5 Å². The van der Waals surface area contributed by atoms with Gasteiger partial charge in [0.25, 0.3) is 0 Å². The van der Waals surface area contributed by atoms with Crippen LogP contribution in [-0.4, -0.2) is 23.4 Å². The van der Waals surface area contributed by atoms with Gasteiger partial charge in [0.05, 0.1) is 0 Å². The SMILES string of the molecule is C=CCC(CO)CO. The fourth-order valence-corrected chi connectivity index (χ4v) is 0.443. The minimum atomic E-state index is -0.00694. The Bertz CT molecular complexity index is 57.5. The molecule has 0 atom stereocenters. The predicted molar refractivity (Wildman–Crippen MR) is 32.5 cm³/mol. The number of aliphatic hydroxyl groups is 2. The maximum absolute atomic E-state index is 8.45. The van der Waals surface area contributed by atoms with E-state index < -0.39 is 0 Å². The first-order valence-electron chi connectivity index (χ1n) is 2.67. The van der Waals surface area contributed by atoms with E-state index in [1.54, 1.807) is 6.08 Å². The molecule has 0 bridgehead atoms. The van der Waals surface area contributed by atoms with Gasteiger partial charge >= 0.3 is 0 Å². The van der Waals surface area contributed by atoms with Crippen LogP contribution >= 0.6 is 0 Å². The molecular weight excluding hydrogens is 104 g/mol. The van der Waals surface area contributed by atoms with E-state index in [0.717, 1.165) is 0 Å². The van der Waals surface area contributed by atoms with Crippen molar-refractivity contribution < 1.29 is 10.2 Å². The van der Waals surface area contributed by atoms with Gasteiger partial charge in [-0.15, -0.1) is 6.58 Å². The van der Waals surface area contributed by atoms with Crippen LogP contribution in [0.3, 0.4) is 0 Å². The zero-order chi connectivity index (χ0) is 6.41. The van der Waals surface area contributed by atoms with Gasteiger partial charge < -0.3 is 10.2 Å². The Labute approximate surface area is 49.5 Å². The second-order valence-electron chi connectivity index (χ2n) is 1.76. The Kier molecular flexibility index (Phi) is 4.61. The molecular formula is C6H12O2. The van der Waals surface area contributed by atoms with Gasteiger partial charge in [-0.05, 0) is 6.42 Å². The number of hydrogen-bond donors (Lipinski definition) is 2. The normalized spacial score (nSPS) is 9.88. The molecule has 0 aromatic carbocycles. The Morgan fingerprint density at radius 2 is 1.88 bits per heavy atom. The van der Waals surface area contributed by atoms with E-state index in [9.17, 15) is 0 Å². The number of rotatable bonds is 4. The van der Waals surface area contributed by atoms with Gasteiger partial charge in [0.15, 0.2) is 0 Å². The highest BCUT2D eigenvalue weighted by molar-refractivity contribution is 4.71. The zero-order valence-corrected chi connectivity index (χ0v) is 4.88. The van der Waals surface area contributed by atoms with Crippen LogP contribution in [0.5, 0.6) is 0 Å². The number of aliphatic hydroxyl groups excluding tert-OH is 2. The van der Waals surface area contributed by atoms with Gasteiger partial charge in [-0.1, -0.05) is 6.08 Å². The third kappa shape index (κ3) is 2.77. The molecule has 0 saturated heterocycles. The third-order valence-corrected chi connectivity index (χ3v) is 1.02. The molecule has 0 amide bonds. The lowest BCUT2D eigenvalue weighted by Gasteiger charge is -2.04. The highest BCUT2D eigenvalue weighted by atomic mass is 16.3. The quantitative estimate of drug-likeness (QED) is 0.514. The molecule has 0 aliphatic heterocycles. The van der Waals surface area contributed by atoms with Crippen LogP contribution in [-0.2, 0) is 0 Å². The van der Waals surface area contributed by atoms with Crippen molar-refractivity contribution in [2.75, 3.05) is 13.2 Å². The minimum absolute atomic E-state index is 0.00694. The summed E-state index contributed by atoms with van der Waals surface area (Å²) in [7, 11) is 0. The van der Waals surface area contributed by atoms with E-state index in [-0.39, 0.29) is 19.1 Å². The molecule has 0 aliphatic carbocycles. The van der Waals surface area contributed by atoms with E-state index in [4.69, 9.17) is 10.2 Å². The Hall–Kier alpha value is -0.340. The zero-order valence-electron chi connectivity index (χ0n) is 4.88. The monoisotopic (exact) mass is 116 g/mol. The second-order valence-corrected chi connectivity index (χ2v) is 1.76. The van der Waals surface area contributed by atoms with Crippen molar-refractivity contribution in [1.29, 1.82) is 0 Å². The van der Waals surface area contributed by atoms with Crippen LogP contribution < -0.4 is 0 Å². The molecule has 2 N–H and O–H groups in total. The molecule has 48 valence electrons. The predicted octanol–water partition coefficient (Wildman–Crippen LogP) is 0.163. The molecule has 0 radical (unpaired) electrons. The molecule has 2 nitrogen and oxygen atoms in total. The van der Waals surface area contributed by atoms with Crippen LogP contribution in [0.1, 0.15) is 6.42 Å². The number of hydrogen-bond acceptors (Lipinski definition) is 2. The summed E-state index contributed by atoms with van der Waals surface area (Å²) < 4.78 is 0. The summed E-state index contributed by atoms with van der Waals surface area (Å²) >= 11 is 0. The van der Waals surface area contributed by atoms with Gasteiger partial charge in [-0.2, -0.15) is 0 Å². The lowest BCUT2D eigenvalue weighted by atomic mass is 10.1. The van der Waals surface area contributed by atoms with E-state index in [2.05, 4.69) is 6.58 Å². The second kappa shape index (κ2) is 4.81. The van der Waals surface area contributed by atoms with Gasteiger partial charge in [-0.25, -0.2) is 0 Å². The lowest BCUT2D eigenvalue weighted by molar-refractivity contribution is 0.152. The standard InChI is InChI=1S/C6H12O2/c1-2-3-6(4-7)5-8/h2,6-8H,1,3-5H2. The summed E-state index contributed by atoms with van der Waals surface area (Å²) in [6.07, 6.45) is 2.38.